The topological polar surface area (TPSA) is 81.4 Å². The van der Waals surface area contributed by atoms with Crippen molar-refractivity contribution in [2.24, 2.45) is 0 Å². The predicted octanol–water partition coefficient (Wildman–Crippen LogP) is 2.89. The van der Waals surface area contributed by atoms with Crippen LogP contribution in [0.4, 0.5) is 5.69 Å². The Morgan fingerprint density at radius 2 is 2.20 bits per heavy atom. The van der Waals surface area contributed by atoms with Crippen LogP contribution in [0.2, 0.25) is 5.15 Å². The highest BCUT2D eigenvalue weighted by Gasteiger charge is 2.14. The van der Waals surface area contributed by atoms with E-state index in [4.69, 9.17) is 20.8 Å². The number of amides is 1. The molecule has 0 radical (unpaired) electrons. The second-order valence-electron chi connectivity index (χ2n) is 3.57. The van der Waals surface area contributed by atoms with Crippen LogP contribution in [0.5, 0.6) is 0 Å². The lowest BCUT2D eigenvalue weighted by atomic mass is 10.4. The van der Waals surface area contributed by atoms with Crippen LogP contribution < -0.4 is 5.32 Å². The maximum absolute atomic E-state index is 11.6. The monoisotopic (exact) mass is 358 g/mol. The van der Waals surface area contributed by atoms with Crippen molar-refractivity contribution >= 4 is 45.1 Å². The number of carbonyl (C=O) groups excluding carboxylic acids is 2. The third-order valence-electron chi connectivity index (χ3n) is 2.14. The van der Waals surface area contributed by atoms with Gasteiger partial charge in [0.05, 0.1) is 5.69 Å². The second kappa shape index (κ2) is 6.53. The van der Waals surface area contributed by atoms with Crippen LogP contribution in [0.25, 0.3) is 0 Å². The van der Waals surface area contributed by atoms with Gasteiger partial charge < -0.3 is 14.5 Å². The van der Waals surface area contributed by atoms with Crippen molar-refractivity contribution in [3.05, 3.63) is 46.0 Å². The molecule has 0 aromatic carbocycles. The molecular formula is C12H8BrClN2O4. The van der Waals surface area contributed by atoms with E-state index in [1.165, 1.54) is 12.3 Å². The minimum atomic E-state index is -0.733. The summed E-state index contributed by atoms with van der Waals surface area (Å²) >= 11 is 8.83. The Balaban J connectivity index is 1.87. The van der Waals surface area contributed by atoms with Gasteiger partial charge in [0.25, 0.3) is 5.91 Å². The fourth-order valence-electron chi connectivity index (χ4n) is 1.29. The first-order valence-corrected chi connectivity index (χ1v) is 6.56. The van der Waals surface area contributed by atoms with Crippen molar-refractivity contribution in [2.75, 3.05) is 11.9 Å². The molecule has 6 nitrogen and oxygen atoms in total. The molecule has 2 rings (SSSR count). The van der Waals surface area contributed by atoms with Gasteiger partial charge in [-0.05, 0) is 40.2 Å². The first kappa shape index (κ1) is 14.5. The van der Waals surface area contributed by atoms with Gasteiger partial charge >= 0.3 is 5.97 Å². The minimum Gasteiger partial charge on any atom is -0.450 e. The van der Waals surface area contributed by atoms with E-state index in [1.54, 1.807) is 18.2 Å². The van der Waals surface area contributed by atoms with E-state index in [0.29, 0.717) is 10.4 Å². The number of hydrogen-bond donors (Lipinski definition) is 1. The average Bonchev–Trinajstić information content (AvgIpc) is 2.85. The summed E-state index contributed by atoms with van der Waals surface area (Å²) in [5.41, 5.74) is 0.343. The van der Waals surface area contributed by atoms with Gasteiger partial charge in [-0.1, -0.05) is 11.6 Å². The van der Waals surface area contributed by atoms with Gasteiger partial charge in [-0.25, -0.2) is 9.78 Å². The van der Waals surface area contributed by atoms with E-state index in [9.17, 15) is 9.59 Å². The van der Waals surface area contributed by atoms with Gasteiger partial charge in [-0.2, -0.15) is 0 Å². The molecular weight excluding hydrogens is 351 g/mol. The Kier molecular flexibility index (Phi) is 4.75. The van der Waals surface area contributed by atoms with E-state index < -0.39 is 18.5 Å². The highest BCUT2D eigenvalue weighted by atomic mass is 79.9. The van der Waals surface area contributed by atoms with Crippen LogP contribution in [0.15, 0.2) is 39.5 Å². The van der Waals surface area contributed by atoms with Crippen LogP contribution in [0.1, 0.15) is 10.6 Å². The number of aromatic nitrogens is 1. The molecule has 0 saturated heterocycles. The van der Waals surface area contributed by atoms with Crippen LogP contribution in [0, 0.1) is 0 Å². The fourth-order valence-corrected chi connectivity index (χ4v) is 1.76. The van der Waals surface area contributed by atoms with Gasteiger partial charge in [0.15, 0.2) is 16.4 Å². The maximum atomic E-state index is 11.6. The Morgan fingerprint density at radius 3 is 2.85 bits per heavy atom. The molecule has 1 N–H and O–H groups in total. The lowest BCUT2D eigenvalue weighted by Crippen LogP contribution is -2.21. The molecule has 0 bridgehead atoms. The van der Waals surface area contributed by atoms with Crippen LogP contribution >= 0.6 is 27.5 Å². The summed E-state index contributed by atoms with van der Waals surface area (Å²) in [5.74, 6) is -1.26. The molecule has 0 aliphatic carbocycles. The normalized spacial score (nSPS) is 10.1. The number of halogens is 2. The molecule has 0 aliphatic rings. The van der Waals surface area contributed by atoms with Crippen molar-refractivity contribution in [3.63, 3.8) is 0 Å². The number of nitrogens with zero attached hydrogens (tertiary/aromatic N) is 1. The van der Waals surface area contributed by atoms with Crippen LogP contribution in [0.3, 0.4) is 0 Å². The number of nitrogens with one attached hydrogen (secondary N) is 1. The molecule has 20 heavy (non-hydrogen) atoms. The number of esters is 1. The fraction of sp³-hybridized carbons (Fsp3) is 0.0833. The Hall–Kier alpha value is -1.86. The Morgan fingerprint density at radius 1 is 1.40 bits per heavy atom. The van der Waals surface area contributed by atoms with Gasteiger partial charge in [0.2, 0.25) is 5.76 Å². The summed E-state index contributed by atoms with van der Waals surface area (Å²) in [5, 5.41) is 2.63. The van der Waals surface area contributed by atoms with Crippen molar-refractivity contribution in [1.29, 1.82) is 0 Å². The molecule has 0 aliphatic heterocycles. The number of rotatable bonds is 4. The number of pyridine rings is 1. The zero-order valence-corrected chi connectivity index (χ0v) is 12.3. The van der Waals surface area contributed by atoms with E-state index in [2.05, 4.69) is 26.2 Å². The van der Waals surface area contributed by atoms with Crippen molar-refractivity contribution in [3.8, 4) is 0 Å². The molecule has 104 valence electrons. The summed E-state index contributed by atoms with van der Waals surface area (Å²) in [6.45, 7) is -0.456. The zero-order chi connectivity index (χ0) is 14.5. The van der Waals surface area contributed by atoms with Crippen LogP contribution in [-0.4, -0.2) is 23.5 Å². The number of hydrogen-bond acceptors (Lipinski definition) is 5. The predicted molar refractivity (Wildman–Crippen MR) is 74.6 cm³/mol. The van der Waals surface area contributed by atoms with E-state index >= 15 is 0 Å². The smallest absolute Gasteiger partial charge is 0.374 e. The molecule has 0 atom stereocenters. The summed E-state index contributed by atoms with van der Waals surface area (Å²) in [7, 11) is 0. The number of anilines is 1. The molecule has 2 aromatic rings. The standard InChI is InChI=1S/C12H8BrClN2O4/c13-9-4-3-8(20-9)12(18)19-6-10(17)16-7-2-1-5-15-11(7)14/h1-5H,6H2,(H,16,17). The maximum Gasteiger partial charge on any atom is 0.374 e. The van der Waals surface area contributed by atoms with Crippen LogP contribution in [-0.2, 0) is 9.53 Å². The zero-order valence-electron chi connectivity index (χ0n) is 9.93. The number of furan rings is 1. The molecule has 1 amide bonds. The second-order valence-corrected chi connectivity index (χ2v) is 4.71. The summed E-state index contributed by atoms with van der Waals surface area (Å²) in [6.07, 6.45) is 1.49. The van der Waals surface area contributed by atoms with Gasteiger partial charge in [-0.3, -0.25) is 4.79 Å². The third-order valence-corrected chi connectivity index (χ3v) is 2.87. The minimum absolute atomic E-state index is 0.00378. The quantitative estimate of drug-likeness (QED) is 0.670. The lowest BCUT2D eigenvalue weighted by Gasteiger charge is -2.06. The van der Waals surface area contributed by atoms with Crippen molar-refractivity contribution < 1.29 is 18.7 Å². The largest absolute Gasteiger partial charge is 0.450 e. The molecule has 0 fully saturated rings. The molecule has 0 spiro atoms. The van der Waals surface area contributed by atoms with E-state index in [1.807, 2.05) is 0 Å². The summed E-state index contributed by atoms with van der Waals surface area (Å²) in [4.78, 5) is 26.9. The average molecular weight is 360 g/mol. The first-order chi connectivity index (χ1) is 9.56. The number of ether oxygens (including phenoxy) is 1. The first-order valence-electron chi connectivity index (χ1n) is 5.39. The van der Waals surface area contributed by atoms with Gasteiger partial charge in [-0.15, -0.1) is 0 Å². The molecule has 0 saturated carbocycles. The van der Waals surface area contributed by atoms with E-state index in [-0.39, 0.29) is 10.9 Å². The van der Waals surface area contributed by atoms with Gasteiger partial charge in [0, 0.05) is 6.20 Å². The third kappa shape index (κ3) is 3.82. The Labute approximate surface area is 127 Å². The van der Waals surface area contributed by atoms with Crippen molar-refractivity contribution in [1.82, 2.24) is 4.98 Å². The highest BCUT2D eigenvalue weighted by molar-refractivity contribution is 9.10. The molecule has 2 heterocycles. The number of carbonyl (C=O) groups is 2. The highest BCUT2D eigenvalue weighted by Crippen LogP contribution is 2.17. The van der Waals surface area contributed by atoms with Gasteiger partial charge in [0.1, 0.15) is 0 Å². The van der Waals surface area contributed by atoms with Crippen molar-refractivity contribution in [2.45, 2.75) is 0 Å². The van der Waals surface area contributed by atoms with E-state index in [0.717, 1.165) is 0 Å². The molecule has 0 unspecified atom stereocenters. The molecule has 2 aromatic heterocycles. The summed E-state index contributed by atoms with van der Waals surface area (Å²) < 4.78 is 10.2. The molecule has 8 heteroatoms. The Bertz CT molecular complexity index is 644. The lowest BCUT2D eigenvalue weighted by molar-refractivity contribution is -0.119. The SMILES string of the molecule is O=C(COC(=O)c1ccc(Br)o1)Nc1cccnc1Cl. The summed E-state index contributed by atoms with van der Waals surface area (Å²) in [6, 6.07) is 6.18.